The van der Waals surface area contributed by atoms with E-state index in [4.69, 9.17) is 15.0 Å². The van der Waals surface area contributed by atoms with Crippen LogP contribution in [0.2, 0.25) is 0 Å². The molecule has 1 fully saturated rings. The summed E-state index contributed by atoms with van der Waals surface area (Å²) < 4.78 is 10.3. The van der Waals surface area contributed by atoms with E-state index in [1.807, 2.05) is 12.1 Å². The summed E-state index contributed by atoms with van der Waals surface area (Å²) >= 11 is 0. The predicted octanol–water partition coefficient (Wildman–Crippen LogP) is 0.858. The Hall–Kier alpha value is -1.99. The van der Waals surface area contributed by atoms with Gasteiger partial charge in [-0.05, 0) is 18.6 Å². The van der Waals surface area contributed by atoms with Crippen molar-refractivity contribution in [3.8, 4) is 11.5 Å². The Morgan fingerprint density at radius 3 is 3.19 bits per heavy atom. The Morgan fingerprint density at radius 2 is 2.43 bits per heavy atom. The maximum atomic E-state index is 5.94. The lowest BCUT2D eigenvalue weighted by molar-refractivity contribution is 0.199. The van der Waals surface area contributed by atoms with Gasteiger partial charge in [0.05, 0.1) is 6.61 Å². The van der Waals surface area contributed by atoms with E-state index in [-0.39, 0.29) is 6.04 Å². The minimum atomic E-state index is 0.222. The van der Waals surface area contributed by atoms with Crippen LogP contribution in [0.15, 0.2) is 22.9 Å². The summed E-state index contributed by atoms with van der Waals surface area (Å²) in [6.45, 7) is 2.34. The van der Waals surface area contributed by atoms with E-state index < -0.39 is 0 Å². The second-order valence-corrected chi connectivity index (χ2v) is 5.16. The fourth-order valence-electron chi connectivity index (χ4n) is 2.39. The van der Waals surface area contributed by atoms with E-state index in [0.717, 1.165) is 30.9 Å². The highest BCUT2D eigenvalue weighted by Crippen LogP contribution is 2.23. The Morgan fingerprint density at radius 1 is 1.52 bits per heavy atom. The molecule has 2 N–H and O–H groups in total. The average Bonchev–Trinajstić information content (AvgIpc) is 3.14. The Bertz CT molecular complexity index is 601. The molecular formula is C14H19N5O2. The number of anilines is 1. The van der Waals surface area contributed by atoms with E-state index in [2.05, 4.69) is 20.0 Å². The van der Waals surface area contributed by atoms with Gasteiger partial charge in [0.15, 0.2) is 5.82 Å². The van der Waals surface area contributed by atoms with Crippen molar-refractivity contribution in [1.29, 1.82) is 0 Å². The van der Waals surface area contributed by atoms with Gasteiger partial charge in [0.2, 0.25) is 0 Å². The van der Waals surface area contributed by atoms with E-state index >= 15 is 0 Å². The molecule has 1 aliphatic rings. The summed E-state index contributed by atoms with van der Waals surface area (Å²) in [5.74, 6) is 2.05. The fourth-order valence-corrected chi connectivity index (χ4v) is 2.39. The molecule has 0 bridgehead atoms. The van der Waals surface area contributed by atoms with Gasteiger partial charge in [-0.25, -0.2) is 4.98 Å². The highest BCUT2D eigenvalue weighted by atomic mass is 16.5. The molecular weight excluding hydrogens is 270 g/mol. The number of aromatic nitrogens is 3. The maximum absolute atomic E-state index is 5.94. The number of nitrogens with two attached hydrogens (primary N) is 1. The Labute approximate surface area is 123 Å². The molecule has 21 heavy (non-hydrogen) atoms. The predicted molar refractivity (Wildman–Crippen MR) is 77.9 cm³/mol. The lowest BCUT2D eigenvalue weighted by Crippen LogP contribution is -2.26. The zero-order valence-electron chi connectivity index (χ0n) is 12.0. The Balaban J connectivity index is 1.77. The highest BCUT2D eigenvalue weighted by Gasteiger charge is 2.21. The van der Waals surface area contributed by atoms with Gasteiger partial charge in [-0.3, -0.25) is 0 Å². The number of pyridine rings is 1. The normalized spacial score (nSPS) is 18.4. The molecule has 1 unspecified atom stereocenters. The smallest absolute Gasteiger partial charge is 0.258 e. The molecule has 1 atom stereocenters. The SMILES string of the molecule is COCCc1noc(-c2ccnc(N3CCC(N)C3)c2)n1. The molecule has 0 saturated carbocycles. The van der Waals surface area contributed by atoms with E-state index in [1.54, 1.807) is 13.3 Å². The summed E-state index contributed by atoms with van der Waals surface area (Å²) in [6.07, 6.45) is 3.39. The van der Waals surface area contributed by atoms with Crippen LogP contribution in [0, 0.1) is 0 Å². The van der Waals surface area contributed by atoms with Crippen molar-refractivity contribution in [3.63, 3.8) is 0 Å². The molecule has 1 aliphatic heterocycles. The number of hydrogen-bond acceptors (Lipinski definition) is 7. The number of ether oxygens (including phenoxy) is 1. The van der Waals surface area contributed by atoms with Crippen molar-refractivity contribution in [2.45, 2.75) is 18.9 Å². The maximum Gasteiger partial charge on any atom is 0.258 e. The van der Waals surface area contributed by atoms with Gasteiger partial charge in [0, 0.05) is 44.4 Å². The molecule has 7 heteroatoms. The first kappa shape index (κ1) is 14.0. The van der Waals surface area contributed by atoms with Crippen molar-refractivity contribution in [2.24, 2.45) is 5.73 Å². The van der Waals surface area contributed by atoms with Gasteiger partial charge in [0.25, 0.3) is 5.89 Å². The van der Waals surface area contributed by atoms with Crippen molar-refractivity contribution in [1.82, 2.24) is 15.1 Å². The first-order valence-corrected chi connectivity index (χ1v) is 7.05. The molecule has 0 radical (unpaired) electrons. The van der Waals surface area contributed by atoms with Crippen LogP contribution in [0.5, 0.6) is 0 Å². The molecule has 7 nitrogen and oxygen atoms in total. The average molecular weight is 289 g/mol. The second kappa shape index (κ2) is 6.19. The number of nitrogens with zero attached hydrogens (tertiary/aromatic N) is 4. The highest BCUT2D eigenvalue weighted by molar-refractivity contribution is 5.59. The third-order valence-electron chi connectivity index (χ3n) is 3.54. The van der Waals surface area contributed by atoms with Gasteiger partial charge in [0.1, 0.15) is 5.82 Å². The zero-order valence-corrected chi connectivity index (χ0v) is 12.0. The van der Waals surface area contributed by atoms with Crippen LogP contribution in [0.4, 0.5) is 5.82 Å². The van der Waals surface area contributed by atoms with E-state index in [1.165, 1.54) is 0 Å². The molecule has 1 saturated heterocycles. The van der Waals surface area contributed by atoms with Crippen LogP contribution in [-0.2, 0) is 11.2 Å². The van der Waals surface area contributed by atoms with Gasteiger partial charge in [-0.1, -0.05) is 5.16 Å². The van der Waals surface area contributed by atoms with Gasteiger partial charge in [-0.2, -0.15) is 4.98 Å². The van der Waals surface area contributed by atoms with Crippen molar-refractivity contribution >= 4 is 5.82 Å². The van der Waals surface area contributed by atoms with E-state index in [9.17, 15) is 0 Å². The van der Waals surface area contributed by atoms with Crippen molar-refractivity contribution < 1.29 is 9.26 Å². The molecule has 0 aromatic carbocycles. The van der Waals surface area contributed by atoms with Gasteiger partial charge >= 0.3 is 0 Å². The monoisotopic (exact) mass is 289 g/mol. The van der Waals surface area contributed by atoms with Crippen LogP contribution < -0.4 is 10.6 Å². The summed E-state index contributed by atoms with van der Waals surface area (Å²) in [5, 5.41) is 3.95. The molecule has 2 aromatic rings. The molecule has 112 valence electrons. The van der Waals surface area contributed by atoms with Crippen LogP contribution in [-0.4, -0.2) is 48.0 Å². The standard InChI is InChI=1S/C14H19N5O2/c1-20-7-4-12-17-14(21-18-12)10-2-5-16-13(8-10)19-6-3-11(15)9-19/h2,5,8,11H,3-4,6-7,9,15H2,1H3. The summed E-state index contributed by atoms with van der Waals surface area (Å²) in [4.78, 5) is 10.9. The summed E-state index contributed by atoms with van der Waals surface area (Å²) in [5.41, 5.74) is 6.81. The molecule has 0 aliphatic carbocycles. The molecule has 2 aromatic heterocycles. The van der Waals surface area contributed by atoms with Crippen LogP contribution in [0.3, 0.4) is 0 Å². The first-order valence-electron chi connectivity index (χ1n) is 7.05. The number of hydrogen-bond donors (Lipinski definition) is 1. The Kier molecular flexibility index (Phi) is 4.12. The largest absolute Gasteiger partial charge is 0.384 e. The van der Waals surface area contributed by atoms with Crippen LogP contribution in [0.25, 0.3) is 11.5 Å². The second-order valence-electron chi connectivity index (χ2n) is 5.16. The van der Waals surface area contributed by atoms with Gasteiger partial charge < -0.3 is 19.9 Å². The molecule has 3 heterocycles. The van der Waals surface area contributed by atoms with Gasteiger partial charge in [-0.15, -0.1) is 0 Å². The van der Waals surface area contributed by atoms with E-state index in [0.29, 0.717) is 24.7 Å². The van der Waals surface area contributed by atoms with Crippen LogP contribution in [0.1, 0.15) is 12.2 Å². The topological polar surface area (TPSA) is 90.3 Å². The summed E-state index contributed by atoms with van der Waals surface area (Å²) in [7, 11) is 1.65. The minimum Gasteiger partial charge on any atom is -0.384 e. The summed E-state index contributed by atoms with van der Waals surface area (Å²) in [6, 6.07) is 4.05. The lowest BCUT2D eigenvalue weighted by atomic mass is 10.2. The zero-order chi connectivity index (χ0) is 14.7. The van der Waals surface area contributed by atoms with Crippen LogP contribution >= 0.6 is 0 Å². The molecule has 0 amide bonds. The minimum absolute atomic E-state index is 0.222. The first-order chi connectivity index (χ1) is 10.3. The third-order valence-corrected chi connectivity index (χ3v) is 3.54. The lowest BCUT2D eigenvalue weighted by Gasteiger charge is -2.16. The van der Waals surface area contributed by atoms with Crippen molar-refractivity contribution in [3.05, 3.63) is 24.2 Å². The van der Waals surface area contributed by atoms with Crippen molar-refractivity contribution in [2.75, 3.05) is 31.7 Å². The molecule has 3 rings (SSSR count). The number of methoxy groups -OCH3 is 1. The quantitative estimate of drug-likeness (QED) is 0.872. The molecule has 0 spiro atoms. The fraction of sp³-hybridized carbons (Fsp3) is 0.500. The third kappa shape index (κ3) is 3.20. The number of rotatable bonds is 5.